The number of rotatable bonds is 5. The molecule has 3 rings (SSSR count). The third-order valence-electron chi connectivity index (χ3n) is 4.63. The van der Waals surface area contributed by atoms with Crippen molar-refractivity contribution < 1.29 is 14.0 Å². The molecule has 0 radical (unpaired) electrons. The summed E-state index contributed by atoms with van der Waals surface area (Å²) in [6.07, 6.45) is 0.936. The number of carbonyl (C=O) groups is 2. The molecule has 0 atom stereocenters. The van der Waals surface area contributed by atoms with Crippen LogP contribution in [0.15, 0.2) is 22.6 Å². The second-order valence-corrected chi connectivity index (χ2v) is 6.98. The Bertz CT molecular complexity index is 809. The lowest BCUT2D eigenvalue weighted by atomic mass is 10.2. The van der Waals surface area contributed by atoms with Crippen molar-refractivity contribution in [3.63, 3.8) is 0 Å². The summed E-state index contributed by atoms with van der Waals surface area (Å²) in [5.74, 6) is 0.572. The maximum Gasteiger partial charge on any atom is 0.317 e. The van der Waals surface area contributed by atoms with E-state index in [-0.39, 0.29) is 11.9 Å². The van der Waals surface area contributed by atoms with E-state index < -0.39 is 0 Å². The zero-order chi connectivity index (χ0) is 19.4. The first-order valence-corrected chi connectivity index (χ1v) is 9.34. The third-order valence-corrected chi connectivity index (χ3v) is 4.63. The molecule has 1 aromatic carbocycles. The summed E-state index contributed by atoms with van der Waals surface area (Å²) in [6, 6.07) is 5.32. The first-order chi connectivity index (χ1) is 13.0. The zero-order valence-electron chi connectivity index (χ0n) is 16.2. The molecule has 8 nitrogen and oxygen atoms in total. The minimum absolute atomic E-state index is 0.0106. The number of urea groups is 1. The number of piperazine rings is 1. The van der Waals surface area contributed by atoms with E-state index in [1.165, 1.54) is 4.90 Å². The lowest BCUT2D eigenvalue weighted by Crippen LogP contribution is -2.51. The van der Waals surface area contributed by atoms with Gasteiger partial charge >= 0.3 is 6.03 Å². The van der Waals surface area contributed by atoms with Gasteiger partial charge < -0.3 is 19.5 Å². The molecule has 27 heavy (non-hydrogen) atoms. The standard InChI is InChI=1S/C19H27N5O3/c1-4-7-20-19(26)24-10-8-23(9-11-24)13-17-21-15-12-14(18(25)22(2)3)5-6-16(15)27-17/h5-6,12H,4,7-11,13H2,1-3H3,(H,20,26). The Kier molecular flexibility index (Phi) is 5.95. The van der Waals surface area contributed by atoms with Gasteiger partial charge in [0.25, 0.3) is 5.91 Å². The second kappa shape index (κ2) is 8.39. The van der Waals surface area contributed by atoms with E-state index >= 15 is 0 Å². The molecule has 3 amide bonds. The van der Waals surface area contributed by atoms with Crippen LogP contribution >= 0.6 is 0 Å². The van der Waals surface area contributed by atoms with Gasteiger partial charge in [-0.1, -0.05) is 6.92 Å². The predicted octanol–water partition coefficient (Wildman–Crippen LogP) is 1.77. The maximum atomic E-state index is 12.1. The van der Waals surface area contributed by atoms with Gasteiger partial charge in [0.2, 0.25) is 5.89 Å². The molecule has 8 heteroatoms. The fraction of sp³-hybridized carbons (Fsp3) is 0.526. The highest BCUT2D eigenvalue weighted by molar-refractivity contribution is 5.96. The van der Waals surface area contributed by atoms with Crippen molar-refractivity contribution in [2.75, 3.05) is 46.8 Å². The van der Waals surface area contributed by atoms with Crippen molar-refractivity contribution in [2.24, 2.45) is 0 Å². The number of nitrogens with zero attached hydrogens (tertiary/aromatic N) is 4. The van der Waals surface area contributed by atoms with Crippen molar-refractivity contribution in [3.8, 4) is 0 Å². The van der Waals surface area contributed by atoms with Gasteiger partial charge in [0.05, 0.1) is 6.54 Å². The molecule has 1 aliphatic heterocycles. The Morgan fingerprint density at radius 1 is 1.22 bits per heavy atom. The van der Waals surface area contributed by atoms with Crippen LogP contribution in [0.1, 0.15) is 29.6 Å². The normalized spacial score (nSPS) is 15.1. The summed E-state index contributed by atoms with van der Waals surface area (Å²) in [5, 5.41) is 2.91. The molecule has 146 valence electrons. The lowest BCUT2D eigenvalue weighted by Gasteiger charge is -2.33. The fourth-order valence-corrected chi connectivity index (χ4v) is 3.08. The van der Waals surface area contributed by atoms with Crippen molar-refractivity contribution in [3.05, 3.63) is 29.7 Å². The van der Waals surface area contributed by atoms with Crippen LogP contribution in [0.4, 0.5) is 4.79 Å². The van der Waals surface area contributed by atoms with Crippen LogP contribution in [0.5, 0.6) is 0 Å². The molecule has 2 heterocycles. The van der Waals surface area contributed by atoms with E-state index in [0.29, 0.717) is 48.7 Å². The zero-order valence-corrected chi connectivity index (χ0v) is 16.2. The Balaban J connectivity index is 1.59. The van der Waals surface area contributed by atoms with Crippen LogP contribution in [0, 0.1) is 0 Å². The average Bonchev–Trinajstić information content (AvgIpc) is 3.07. The number of benzene rings is 1. The molecule has 1 fully saturated rings. The number of hydrogen-bond donors (Lipinski definition) is 1. The quantitative estimate of drug-likeness (QED) is 0.864. The molecule has 1 aliphatic rings. The summed E-state index contributed by atoms with van der Waals surface area (Å²) in [5.41, 5.74) is 1.97. The largest absolute Gasteiger partial charge is 0.439 e. The van der Waals surface area contributed by atoms with Crippen LogP contribution in [-0.4, -0.2) is 78.4 Å². The van der Waals surface area contributed by atoms with E-state index in [2.05, 4.69) is 15.2 Å². The topological polar surface area (TPSA) is 81.9 Å². The number of fused-ring (bicyclic) bond motifs is 1. The maximum absolute atomic E-state index is 12.1. The molecule has 0 unspecified atom stereocenters. The number of hydrogen-bond acceptors (Lipinski definition) is 5. The molecule has 0 aliphatic carbocycles. The lowest BCUT2D eigenvalue weighted by molar-refractivity contribution is 0.0827. The van der Waals surface area contributed by atoms with E-state index in [0.717, 1.165) is 19.5 Å². The van der Waals surface area contributed by atoms with Crippen molar-refractivity contribution in [2.45, 2.75) is 19.9 Å². The van der Waals surface area contributed by atoms with Gasteiger partial charge in [-0.2, -0.15) is 0 Å². The minimum Gasteiger partial charge on any atom is -0.439 e. The van der Waals surface area contributed by atoms with Gasteiger partial charge in [0, 0.05) is 52.4 Å². The van der Waals surface area contributed by atoms with Crippen molar-refractivity contribution in [1.29, 1.82) is 0 Å². The van der Waals surface area contributed by atoms with Crippen LogP contribution < -0.4 is 5.32 Å². The first-order valence-electron chi connectivity index (χ1n) is 9.34. The van der Waals surface area contributed by atoms with E-state index in [1.54, 1.807) is 32.3 Å². The Morgan fingerprint density at radius 2 is 1.96 bits per heavy atom. The smallest absolute Gasteiger partial charge is 0.317 e. The van der Waals surface area contributed by atoms with Gasteiger partial charge in [0.1, 0.15) is 5.52 Å². The molecular weight excluding hydrogens is 346 g/mol. The van der Waals surface area contributed by atoms with E-state index in [4.69, 9.17) is 4.42 Å². The number of oxazole rings is 1. The fourth-order valence-electron chi connectivity index (χ4n) is 3.08. The highest BCUT2D eigenvalue weighted by Crippen LogP contribution is 2.19. The Labute approximate surface area is 159 Å². The van der Waals surface area contributed by atoms with E-state index in [1.807, 2.05) is 11.8 Å². The summed E-state index contributed by atoms with van der Waals surface area (Å²) in [6.45, 7) is 6.29. The molecule has 0 spiro atoms. The van der Waals surface area contributed by atoms with Gasteiger partial charge in [-0.05, 0) is 24.6 Å². The molecular formula is C19H27N5O3. The summed E-state index contributed by atoms with van der Waals surface area (Å²) < 4.78 is 5.82. The molecule has 2 aromatic rings. The highest BCUT2D eigenvalue weighted by Gasteiger charge is 2.22. The molecule has 1 saturated heterocycles. The molecule has 0 saturated carbocycles. The third kappa shape index (κ3) is 4.57. The molecule has 1 N–H and O–H groups in total. The molecule has 1 aromatic heterocycles. The number of carbonyl (C=O) groups excluding carboxylic acids is 2. The van der Waals surface area contributed by atoms with Crippen LogP contribution in [0.25, 0.3) is 11.1 Å². The predicted molar refractivity (Wildman–Crippen MR) is 103 cm³/mol. The number of nitrogens with one attached hydrogen (secondary N) is 1. The van der Waals surface area contributed by atoms with Gasteiger partial charge in [0.15, 0.2) is 5.58 Å². The SMILES string of the molecule is CCCNC(=O)N1CCN(Cc2nc3cc(C(=O)N(C)C)ccc3o2)CC1. The van der Waals surface area contributed by atoms with Gasteiger partial charge in [-0.3, -0.25) is 9.69 Å². The summed E-state index contributed by atoms with van der Waals surface area (Å²) in [4.78, 5) is 34.2. The second-order valence-electron chi connectivity index (χ2n) is 6.98. The van der Waals surface area contributed by atoms with Crippen LogP contribution in [-0.2, 0) is 6.54 Å². The van der Waals surface area contributed by atoms with Crippen LogP contribution in [0.2, 0.25) is 0 Å². The van der Waals surface area contributed by atoms with Crippen molar-refractivity contribution in [1.82, 2.24) is 25.0 Å². The average molecular weight is 373 g/mol. The van der Waals surface area contributed by atoms with Crippen LogP contribution in [0.3, 0.4) is 0 Å². The molecule has 0 bridgehead atoms. The highest BCUT2D eigenvalue weighted by atomic mass is 16.3. The van der Waals surface area contributed by atoms with Gasteiger partial charge in [-0.25, -0.2) is 9.78 Å². The monoisotopic (exact) mass is 373 g/mol. The Morgan fingerprint density at radius 3 is 2.63 bits per heavy atom. The first kappa shape index (κ1) is 19.2. The van der Waals surface area contributed by atoms with Crippen molar-refractivity contribution >= 4 is 23.0 Å². The number of aromatic nitrogens is 1. The summed E-state index contributed by atoms with van der Waals surface area (Å²) in [7, 11) is 3.45. The number of amides is 3. The van der Waals surface area contributed by atoms with E-state index in [9.17, 15) is 9.59 Å². The van der Waals surface area contributed by atoms with Gasteiger partial charge in [-0.15, -0.1) is 0 Å². The minimum atomic E-state index is -0.0566. The Hall–Kier alpha value is -2.61. The summed E-state index contributed by atoms with van der Waals surface area (Å²) >= 11 is 0.